The number of benzene rings is 1. The lowest BCUT2D eigenvalue weighted by atomic mass is 9.97. The minimum absolute atomic E-state index is 0.239. The van der Waals surface area contributed by atoms with Crippen molar-refractivity contribution in [1.29, 1.82) is 0 Å². The highest BCUT2D eigenvalue weighted by atomic mass is 19.1. The van der Waals surface area contributed by atoms with Gasteiger partial charge in [0.15, 0.2) is 11.6 Å². The first-order chi connectivity index (χ1) is 9.15. The second kappa shape index (κ2) is 6.10. The van der Waals surface area contributed by atoms with Crippen molar-refractivity contribution in [1.82, 2.24) is 0 Å². The van der Waals surface area contributed by atoms with E-state index >= 15 is 0 Å². The number of ether oxygens (including phenoxy) is 2. The predicted octanol–water partition coefficient (Wildman–Crippen LogP) is 2.28. The van der Waals surface area contributed by atoms with E-state index in [9.17, 15) is 4.39 Å². The van der Waals surface area contributed by atoms with E-state index in [-0.39, 0.29) is 5.75 Å². The van der Waals surface area contributed by atoms with Crippen molar-refractivity contribution >= 4 is 11.4 Å². The Kier molecular flexibility index (Phi) is 4.47. The van der Waals surface area contributed by atoms with Crippen molar-refractivity contribution in [3.63, 3.8) is 0 Å². The third-order valence-corrected chi connectivity index (χ3v) is 3.66. The predicted molar refractivity (Wildman–Crippen MR) is 74.2 cm³/mol. The third-order valence-electron chi connectivity index (χ3n) is 3.66. The summed E-state index contributed by atoms with van der Waals surface area (Å²) in [6, 6.07) is 3.01. The molecule has 2 N–H and O–H groups in total. The van der Waals surface area contributed by atoms with Gasteiger partial charge in [-0.1, -0.05) is 0 Å². The van der Waals surface area contributed by atoms with Gasteiger partial charge in [0.1, 0.15) is 0 Å². The molecule has 5 heteroatoms. The standard InChI is InChI=1S/C14H21FN2O2/c1-18-9-10-3-5-17(6-4-10)13-8-14(19-2)11(15)7-12(13)16/h7-8,10H,3-6,9,16H2,1-2H3. The lowest BCUT2D eigenvalue weighted by molar-refractivity contribution is 0.139. The van der Waals surface area contributed by atoms with E-state index in [4.69, 9.17) is 15.2 Å². The quantitative estimate of drug-likeness (QED) is 0.851. The number of piperidine rings is 1. The van der Waals surface area contributed by atoms with E-state index in [1.165, 1.54) is 13.2 Å². The molecule has 19 heavy (non-hydrogen) atoms. The lowest BCUT2D eigenvalue weighted by Gasteiger charge is -2.34. The van der Waals surface area contributed by atoms with Crippen LogP contribution in [0.25, 0.3) is 0 Å². The fourth-order valence-electron chi connectivity index (χ4n) is 2.56. The number of rotatable bonds is 4. The van der Waals surface area contributed by atoms with Crippen LogP contribution in [0.3, 0.4) is 0 Å². The summed E-state index contributed by atoms with van der Waals surface area (Å²) in [5.41, 5.74) is 7.22. The number of hydrogen-bond acceptors (Lipinski definition) is 4. The molecule has 4 nitrogen and oxygen atoms in total. The Hall–Kier alpha value is -1.49. The molecule has 1 aliphatic heterocycles. The van der Waals surface area contributed by atoms with Crippen LogP contribution in [0.4, 0.5) is 15.8 Å². The zero-order valence-corrected chi connectivity index (χ0v) is 11.5. The summed E-state index contributed by atoms with van der Waals surface area (Å²) in [4.78, 5) is 2.18. The summed E-state index contributed by atoms with van der Waals surface area (Å²) >= 11 is 0. The summed E-state index contributed by atoms with van der Waals surface area (Å²) in [5, 5.41) is 0. The van der Waals surface area contributed by atoms with Crippen LogP contribution in [0.1, 0.15) is 12.8 Å². The smallest absolute Gasteiger partial charge is 0.167 e. The fraction of sp³-hybridized carbons (Fsp3) is 0.571. The van der Waals surface area contributed by atoms with Gasteiger partial charge in [0, 0.05) is 38.9 Å². The molecule has 0 bridgehead atoms. The summed E-state index contributed by atoms with van der Waals surface area (Å²) in [7, 11) is 3.19. The van der Waals surface area contributed by atoms with Gasteiger partial charge in [-0.05, 0) is 18.8 Å². The number of halogens is 1. The number of methoxy groups -OCH3 is 2. The van der Waals surface area contributed by atoms with E-state index in [1.807, 2.05) is 0 Å². The molecule has 1 aromatic rings. The first kappa shape index (κ1) is 13.9. The monoisotopic (exact) mass is 268 g/mol. The zero-order chi connectivity index (χ0) is 13.8. The van der Waals surface area contributed by atoms with Crippen molar-refractivity contribution in [3.05, 3.63) is 17.9 Å². The maximum Gasteiger partial charge on any atom is 0.167 e. The van der Waals surface area contributed by atoms with E-state index in [2.05, 4.69) is 4.90 Å². The highest BCUT2D eigenvalue weighted by molar-refractivity contribution is 5.70. The molecular weight excluding hydrogens is 247 g/mol. The van der Waals surface area contributed by atoms with Gasteiger partial charge in [-0.2, -0.15) is 0 Å². The van der Waals surface area contributed by atoms with Gasteiger partial charge >= 0.3 is 0 Å². The average Bonchev–Trinajstić information content (AvgIpc) is 2.41. The molecule has 0 amide bonds. The topological polar surface area (TPSA) is 47.7 Å². The second-order valence-corrected chi connectivity index (χ2v) is 4.93. The molecule has 0 atom stereocenters. The van der Waals surface area contributed by atoms with Crippen molar-refractivity contribution in [2.45, 2.75) is 12.8 Å². The Bertz CT molecular complexity index is 432. The first-order valence-corrected chi connectivity index (χ1v) is 6.52. The molecule has 106 valence electrons. The lowest BCUT2D eigenvalue weighted by Crippen LogP contribution is -2.35. The van der Waals surface area contributed by atoms with E-state index in [0.29, 0.717) is 11.6 Å². The second-order valence-electron chi connectivity index (χ2n) is 4.93. The van der Waals surface area contributed by atoms with E-state index < -0.39 is 5.82 Å². The van der Waals surface area contributed by atoms with Gasteiger partial charge in [0.05, 0.1) is 18.5 Å². The normalized spacial score (nSPS) is 16.7. The van der Waals surface area contributed by atoms with Crippen LogP contribution in [0.15, 0.2) is 12.1 Å². The number of nitrogens with zero attached hydrogens (tertiary/aromatic N) is 1. The van der Waals surface area contributed by atoms with Gasteiger partial charge in [0.25, 0.3) is 0 Å². The molecule has 0 spiro atoms. The summed E-state index contributed by atoms with van der Waals surface area (Å²) in [6.45, 7) is 2.62. The van der Waals surface area contributed by atoms with Crippen LogP contribution in [0.2, 0.25) is 0 Å². The highest BCUT2D eigenvalue weighted by Crippen LogP contribution is 2.33. The molecule has 0 aliphatic carbocycles. The Labute approximate surface area is 113 Å². The summed E-state index contributed by atoms with van der Waals surface area (Å²) in [5.74, 6) is 0.422. The molecule has 1 aliphatic rings. The van der Waals surface area contributed by atoms with Crippen molar-refractivity contribution in [2.24, 2.45) is 5.92 Å². The van der Waals surface area contributed by atoms with Crippen LogP contribution < -0.4 is 15.4 Å². The Morgan fingerprint density at radius 3 is 2.58 bits per heavy atom. The highest BCUT2D eigenvalue weighted by Gasteiger charge is 2.21. The Balaban J connectivity index is 2.11. The van der Waals surface area contributed by atoms with Gasteiger partial charge in [-0.15, -0.1) is 0 Å². The molecular formula is C14H21FN2O2. The molecule has 1 fully saturated rings. The van der Waals surface area contributed by atoms with E-state index in [1.54, 1.807) is 13.2 Å². The van der Waals surface area contributed by atoms with Crippen molar-refractivity contribution < 1.29 is 13.9 Å². The van der Waals surface area contributed by atoms with Gasteiger partial charge < -0.3 is 20.1 Å². The number of anilines is 2. The molecule has 0 aromatic heterocycles. The van der Waals surface area contributed by atoms with Crippen LogP contribution in [-0.4, -0.2) is 33.9 Å². The molecule has 1 saturated heterocycles. The number of nitrogens with two attached hydrogens (primary N) is 1. The third kappa shape index (κ3) is 3.10. The van der Waals surface area contributed by atoms with Gasteiger partial charge in [-0.25, -0.2) is 4.39 Å². The zero-order valence-electron chi connectivity index (χ0n) is 11.5. The first-order valence-electron chi connectivity index (χ1n) is 6.52. The van der Waals surface area contributed by atoms with Crippen LogP contribution in [0, 0.1) is 11.7 Å². The van der Waals surface area contributed by atoms with Crippen molar-refractivity contribution in [2.75, 3.05) is 44.5 Å². The molecule has 0 unspecified atom stereocenters. The van der Waals surface area contributed by atoms with Crippen LogP contribution in [-0.2, 0) is 4.74 Å². The summed E-state index contributed by atoms with van der Waals surface area (Å²) < 4.78 is 23.7. The van der Waals surface area contributed by atoms with Crippen LogP contribution in [0.5, 0.6) is 5.75 Å². The Morgan fingerprint density at radius 1 is 1.32 bits per heavy atom. The van der Waals surface area contributed by atoms with E-state index in [0.717, 1.165) is 38.2 Å². The van der Waals surface area contributed by atoms with Gasteiger partial charge in [0.2, 0.25) is 0 Å². The molecule has 1 heterocycles. The minimum Gasteiger partial charge on any atom is -0.494 e. The number of hydrogen-bond donors (Lipinski definition) is 1. The SMILES string of the molecule is COCC1CCN(c2cc(OC)c(F)cc2N)CC1. The maximum atomic E-state index is 13.5. The molecule has 0 radical (unpaired) electrons. The van der Waals surface area contributed by atoms with Gasteiger partial charge in [-0.3, -0.25) is 0 Å². The van der Waals surface area contributed by atoms with Crippen molar-refractivity contribution in [3.8, 4) is 5.75 Å². The largest absolute Gasteiger partial charge is 0.494 e. The molecule has 0 saturated carbocycles. The minimum atomic E-state index is -0.419. The Morgan fingerprint density at radius 2 is 2.00 bits per heavy atom. The maximum absolute atomic E-state index is 13.5. The molecule has 2 rings (SSSR count). The summed E-state index contributed by atoms with van der Waals surface area (Å²) in [6.07, 6.45) is 2.12. The number of nitrogen functional groups attached to an aromatic ring is 1. The fourth-order valence-corrected chi connectivity index (χ4v) is 2.56. The molecule has 1 aromatic carbocycles. The average molecular weight is 268 g/mol. The van der Waals surface area contributed by atoms with Crippen LogP contribution >= 0.6 is 0 Å².